The summed E-state index contributed by atoms with van der Waals surface area (Å²) in [4.78, 5) is 43.0. The van der Waals surface area contributed by atoms with Crippen molar-refractivity contribution in [2.24, 2.45) is 5.92 Å². The highest BCUT2D eigenvalue weighted by Gasteiger charge is 2.30. The van der Waals surface area contributed by atoms with Gasteiger partial charge in [-0.15, -0.1) is 0 Å². The summed E-state index contributed by atoms with van der Waals surface area (Å²) in [5.41, 5.74) is 1.92. The number of nitrogens with zero attached hydrogens (tertiary/aromatic N) is 3. The van der Waals surface area contributed by atoms with E-state index in [1.54, 1.807) is 0 Å². The van der Waals surface area contributed by atoms with Crippen molar-refractivity contribution in [2.45, 2.75) is 38.6 Å². The van der Waals surface area contributed by atoms with E-state index < -0.39 is 0 Å². The molecule has 3 fully saturated rings. The third-order valence-corrected chi connectivity index (χ3v) is 6.67. The molecule has 3 heterocycles. The molecule has 8 heteroatoms. The molecule has 4 rings (SSSR count). The molecule has 0 saturated carbocycles. The Bertz CT molecular complexity index is 807. The van der Waals surface area contributed by atoms with E-state index >= 15 is 0 Å². The van der Waals surface area contributed by atoms with E-state index in [-0.39, 0.29) is 23.6 Å². The summed E-state index contributed by atoms with van der Waals surface area (Å²) in [5, 5.41) is 3.03. The predicted octanol–water partition coefficient (Wildman–Crippen LogP) is 1.39. The number of carbonyl (C=O) groups excluding carboxylic acids is 3. The number of carbonyl (C=O) groups is 3. The van der Waals surface area contributed by atoms with Gasteiger partial charge in [0, 0.05) is 64.3 Å². The van der Waals surface area contributed by atoms with Gasteiger partial charge < -0.3 is 19.9 Å². The quantitative estimate of drug-likeness (QED) is 0.658. The monoisotopic (exact) mass is 442 g/mol. The van der Waals surface area contributed by atoms with Crippen LogP contribution < -0.4 is 10.2 Å². The van der Waals surface area contributed by atoms with Crippen LogP contribution in [0.15, 0.2) is 24.3 Å². The molecule has 0 spiro atoms. The second-order valence-electron chi connectivity index (χ2n) is 8.92. The highest BCUT2D eigenvalue weighted by molar-refractivity contribution is 5.95. The van der Waals surface area contributed by atoms with Crippen molar-refractivity contribution >= 4 is 23.4 Å². The lowest BCUT2D eigenvalue weighted by molar-refractivity contribution is -0.138. The van der Waals surface area contributed by atoms with E-state index in [1.165, 1.54) is 0 Å². The molecule has 32 heavy (non-hydrogen) atoms. The fraction of sp³-hybridized carbons (Fsp3) is 0.625. The average Bonchev–Trinajstić information content (AvgIpc) is 3.25. The Kier molecular flexibility index (Phi) is 7.76. The van der Waals surface area contributed by atoms with Gasteiger partial charge in [0.2, 0.25) is 17.7 Å². The maximum Gasteiger partial charge on any atom is 0.227 e. The van der Waals surface area contributed by atoms with Gasteiger partial charge in [0.15, 0.2) is 0 Å². The first-order valence-electron chi connectivity index (χ1n) is 11.8. The molecule has 1 aromatic carbocycles. The molecule has 3 saturated heterocycles. The molecule has 0 aliphatic carbocycles. The van der Waals surface area contributed by atoms with Gasteiger partial charge in [-0.25, -0.2) is 0 Å². The lowest BCUT2D eigenvalue weighted by Gasteiger charge is -2.33. The van der Waals surface area contributed by atoms with Crippen LogP contribution in [0.25, 0.3) is 0 Å². The van der Waals surface area contributed by atoms with Crippen molar-refractivity contribution in [3.8, 4) is 0 Å². The fourth-order valence-corrected chi connectivity index (χ4v) is 4.70. The largest absolute Gasteiger partial charge is 0.379 e. The van der Waals surface area contributed by atoms with E-state index in [4.69, 9.17) is 4.74 Å². The van der Waals surface area contributed by atoms with Gasteiger partial charge in [0.25, 0.3) is 0 Å². The molecule has 1 unspecified atom stereocenters. The van der Waals surface area contributed by atoms with Crippen LogP contribution in [-0.4, -0.2) is 80.0 Å². The van der Waals surface area contributed by atoms with Crippen LogP contribution in [-0.2, 0) is 25.7 Å². The number of hydrogen-bond donors (Lipinski definition) is 1. The summed E-state index contributed by atoms with van der Waals surface area (Å²) < 4.78 is 5.38. The number of anilines is 1. The molecule has 8 nitrogen and oxygen atoms in total. The van der Waals surface area contributed by atoms with Gasteiger partial charge in [-0.2, -0.15) is 0 Å². The van der Waals surface area contributed by atoms with Gasteiger partial charge in [0.05, 0.1) is 19.1 Å². The molecule has 174 valence electrons. The first-order valence-corrected chi connectivity index (χ1v) is 11.8. The number of nitrogens with one attached hydrogen (secondary N) is 1. The molecule has 3 amide bonds. The predicted molar refractivity (Wildman–Crippen MR) is 121 cm³/mol. The van der Waals surface area contributed by atoms with Gasteiger partial charge in [-0.1, -0.05) is 12.1 Å². The first kappa shape index (κ1) is 22.7. The number of morpholine rings is 1. The minimum Gasteiger partial charge on any atom is -0.379 e. The third-order valence-electron chi connectivity index (χ3n) is 6.67. The van der Waals surface area contributed by atoms with E-state index in [9.17, 15) is 14.4 Å². The van der Waals surface area contributed by atoms with Crippen LogP contribution in [0.5, 0.6) is 0 Å². The smallest absolute Gasteiger partial charge is 0.227 e. The number of piperidine rings is 1. The molecule has 1 atom stereocenters. The summed E-state index contributed by atoms with van der Waals surface area (Å²) >= 11 is 0. The Balaban J connectivity index is 1.21. The number of ether oxygens (including phenoxy) is 1. The maximum absolute atomic E-state index is 12.7. The minimum atomic E-state index is -0.155. The number of rotatable bonds is 8. The minimum absolute atomic E-state index is 0.00877. The van der Waals surface area contributed by atoms with E-state index in [0.29, 0.717) is 38.9 Å². The van der Waals surface area contributed by atoms with E-state index in [1.807, 2.05) is 34.1 Å². The van der Waals surface area contributed by atoms with Crippen LogP contribution in [0.1, 0.15) is 37.7 Å². The summed E-state index contributed by atoms with van der Waals surface area (Å²) in [7, 11) is 0. The van der Waals surface area contributed by atoms with Crippen LogP contribution in [0.2, 0.25) is 0 Å². The second kappa shape index (κ2) is 10.9. The first-order chi connectivity index (χ1) is 15.6. The van der Waals surface area contributed by atoms with Crippen molar-refractivity contribution in [1.29, 1.82) is 0 Å². The van der Waals surface area contributed by atoms with Gasteiger partial charge >= 0.3 is 0 Å². The lowest BCUT2D eigenvalue weighted by atomic mass is 9.96. The zero-order valence-corrected chi connectivity index (χ0v) is 18.8. The highest BCUT2D eigenvalue weighted by Crippen LogP contribution is 2.22. The Morgan fingerprint density at radius 2 is 1.78 bits per heavy atom. The van der Waals surface area contributed by atoms with Crippen molar-refractivity contribution in [1.82, 2.24) is 15.1 Å². The normalized spacial score (nSPS) is 22.4. The molecule has 3 aliphatic rings. The standard InChI is InChI=1S/C24H34N4O4/c29-22-9-6-20(18-27(22)11-2-10-26-13-15-32-16-14-26)24(31)25-17-19-4-7-21(8-5-19)28-12-1-3-23(28)30/h4-5,7-8,20H,1-3,6,9-18H2,(H,25,31). The van der Waals surface area contributed by atoms with E-state index in [0.717, 1.165) is 63.5 Å². The summed E-state index contributed by atoms with van der Waals surface area (Å²) in [6.07, 6.45) is 3.50. The maximum atomic E-state index is 12.7. The molecule has 1 N–H and O–H groups in total. The molecule has 0 aromatic heterocycles. The Morgan fingerprint density at radius 3 is 2.50 bits per heavy atom. The van der Waals surface area contributed by atoms with Gasteiger partial charge in [-0.05, 0) is 37.0 Å². The zero-order valence-electron chi connectivity index (χ0n) is 18.8. The molecule has 0 radical (unpaired) electrons. The lowest BCUT2D eigenvalue weighted by Crippen LogP contribution is -2.46. The Labute approximate surface area is 189 Å². The van der Waals surface area contributed by atoms with Crippen molar-refractivity contribution < 1.29 is 19.1 Å². The second-order valence-corrected chi connectivity index (χ2v) is 8.92. The van der Waals surface area contributed by atoms with Crippen molar-refractivity contribution in [3.63, 3.8) is 0 Å². The van der Waals surface area contributed by atoms with Crippen LogP contribution in [0.3, 0.4) is 0 Å². The third kappa shape index (κ3) is 5.86. The SMILES string of the molecule is O=C(NCc1ccc(N2CCCC2=O)cc1)C1CCC(=O)N(CCCN2CCOCC2)C1. The Morgan fingerprint density at radius 1 is 1.00 bits per heavy atom. The number of amides is 3. The fourth-order valence-electron chi connectivity index (χ4n) is 4.70. The summed E-state index contributed by atoms with van der Waals surface area (Å²) in [5.74, 6) is 0.183. The van der Waals surface area contributed by atoms with E-state index in [2.05, 4.69) is 10.2 Å². The number of hydrogen-bond acceptors (Lipinski definition) is 5. The molecule has 3 aliphatic heterocycles. The molecule has 0 bridgehead atoms. The van der Waals surface area contributed by atoms with Crippen LogP contribution in [0, 0.1) is 5.92 Å². The topological polar surface area (TPSA) is 82.2 Å². The number of likely N-dealkylation sites (tertiary alicyclic amines) is 1. The van der Waals surface area contributed by atoms with Crippen molar-refractivity contribution in [3.05, 3.63) is 29.8 Å². The molecule has 1 aromatic rings. The van der Waals surface area contributed by atoms with Gasteiger partial charge in [-0.3, -0.25) is 19.3 Å². The number of benzene rings is 1. The van der Waals surface area contributed by atoms with Crippen molar-refractivity contribution in [2.75, 3.05) is 57.4 Å². The van der Waals surface area contributed by atoms with Gasteiger partial charge in [0.1, 0.15) is 0 Å². The average molecular weight is 443 g/mol. The molecular formula is C24H34N4O4. The highest BCUT2D eigenvalue weighted by atomic mass is 16.5. The summed E-state index contributed by atoms with van der Waals surface area (Å²) in [6.45, 7) is 6.87. The Hall–Kier alpha value is -2.45. The molecular weight excluding hydrogens is 408 g/mol. The van der Waals surface area contributed by atoms with Crippen LogP contribution >= 0.6 is 0 Å². The summed E-state index contributed by atoms with van der Waals surface area (Å²) in [6, 6.07) is 7.81. The van der Waals surface area contributed by atoms with Crippen LogP contribution in [0.4, 0.5) is 5.69 Å². The zero-order chi connectivity index (χ0) is 22.3.